The molecule has 0 aliphatic carbocycles. The lowest BCUT2D eigenvalue weighted by molar-refractivity contribution is -0.146. The Balaban J connectivity index is 1.25. The summed E-state index contributed by atoms with van der Waals surface area (Å²) in [6, 6.07) is 30.2. The van der Waals surface area contributed by atoms with Crippen LogP contribution >= 0.6 is 0 Å². The topological polar surface area (TPSA) is 53.4 Å². The Bertz CT molecular complexity index is 1070. The van der Waals surface area contributed by atoms with Gasteiger partial charge in [-0.05, 0) is 36.1 Å². The molecule has 0 atom stereocenters. The Morgan fingerprint density at radius 3 is 2.03 bits per heavy atom. The Morgan fingerprint density at radius 1 is 0.788 bits per heavy atom. The summed E-state index contributed by atoms with van der Waals surface area (Å²) >= 11 is 0. The molecule has 33 heavy (non-hydrogen) atoms. The van der Waals surface area contributed by atoms with Crippen LogP contribution in [0.5, 0.6) is 5.75 Å². The molecule has 0 radical (unpaired) electrons. The van der Waals surface area contributed by atoms with Crippen molar-refractivity contribution in [3.63, 3.8) is 0 Å². The van der Waals surface area contributed by atoms with E-state index in [2.05, 4.69) is 59.8 Å². The van der Waals surface area contributed by atoms with Crippen molar-refractivity contribution in [1.82, 2.24) is 9.78 Å². The number of nitrogens with zero attached hydrogens (tertiary/aromatic N) is 2. The van der Waals surface area contributed by atoms with Crippen LogP contribution in [-0.4, -0.2) is 29.0 Å². The Hall–Kier alpha value is -3.86. The first kappa shape index (κ1) is 22.3. The zero-order chi connectivity index (χ0) is 22.7. The first-order valence-corrected chi connectivity index (χ1v) is 11.3. The number of esters is 1. The lowest BCUT2D eigenvalue weighted by atomic mass is 9.87. The highest BCUT2D eigenvalue weighted by Gasteiger charge is 2.18. The van der Waals surface area contributed by atoms with Crippen LogP contribution in [0.25, 0.3) is 0 Å². The van der Waals surface area contributed by atoms with Crippen LogP contribution in [-0.2, 0) is 16.1 Å². The minimum atomic E-state index is -0.353. The van der Waals surface area contributed by atoms with E-state index in [9.17, 15) is 4.79 Å². The lowest BCUT2D eigenvalue weighted by Gasteiger charge is -2.16. The molecule has 0 saturated carbocycles. The summed E-state index contributed by atoms with van der Waals surface area (Å²) in [7, 11) is 0. The van der Waals surface area contributed by atoms with Gasteiger partial charge in [-0.2, -0.15) is 5.10 Å². The van der Waals surface area contributed by atoms with Crippen molar-refractivity contribution < 1.29 is 14.3 Å². The van der Waals surface area contributed by atoms with Gasteiger partial charge in [0.1, 0.15) is 5.75 Å². The molecule has 0 aliphatic heterocycles. The Morgan fingerprint density at radius 2 is 1.39 bits per heavy atom. The van der Waals surface area contributed by atoms with Crippen LogP contribution in [0.4, 0.5) is 0 Å². The number of para-hydroxylation sites is 1. The largest absolute Gasteiger partial charge is 0.482 e. The van der Waals surface area contributed by atoms with Crippen molar-refractivity contribution in [3.05, 3.63) is 120 Å². The van der Waals surface area contributed by atoms with Crippen LogP contribution in [0.2, 0.25) is 0 Å². The third-order valence-corrected chi connectivity index (χ3v) is 5.40. The molecule has 0 saturated heterocycles. The average molecular weight is 441 g/mol. The fraction of sp³-hybridized carbons (Fsp3) is 0.214. The normalized spacial score (nSPS) is 10.8. The van der Waals surface area contributed by atoms with E-state index in [1.165, 1.54) is 11.1 Å². The predicted octanol–water partition coefficient (Wildman–Crippen LogP) is 5.47. The van der Waals surface area contributed by atoms with E-state index in [0.717, 1.165) is 24.9 Å². The van der Waals surface area contributed by atoms with Gasteiger partial charge in [0, 0.05) is 24.2 Å². The molecule has 1 heterocycles. The van der Waals surface area contributed by atoms with E-state index < -0.39 is 0 Å². The molecular formula is C28H28N2O3. The third-order valence-electron chi connectivity index (χ3n) is 5.40. The van der Waals surface area contributed by atoms with E-state index in [1.807, 2.05) is 53.3 Å². The summed E-state index contributed by atoms with van der Waals surface area (Å²) in [4.78, 5) is 11.8. The standard InChI is InChI=1S/C28H28N2O3/c31-27(22-33-26-16-8-3-9-17-26)32-19-11-10-18-30-21-25(20-29-30)28(23-12-4-1-5-13-23)24-14-6-2-7-15-24/h1-9,12-17,20-21,28H,10-11,18-19,22H2. The molecule has 0 amide bonds. The number of rotatable bonds is 11. The Labute approximate surface area is 194 Å². The fourth-order valence-corrected chi connectivity index (χ4v) is 3.78. The van der Waals surface area contributed by atoms with Crippen molar-refractivity contribution in [2.75, 3.05) is 13.2 Å². The molecule has 3 aromatic carbocycles. The first-order chi connectivity index (χ1) is 16.3. The van der Waals surface area contributed by atoms with Crippen LogP contribution in [0, 0.1) is 0 Å². The van der Waals surface area contributed by atoms with E-state index in [0.29, 0.717) is 12.4 Å². The van der Waals surface area contributed by atoms with Gasteiger partial charge < -0.3 is 9.47 Å². The van der Waals surface area contributed by atoms with Gasteiger partial charge in [-0.15, -0.1) is 0 Å². The van der Waals surface area contributed by atoms with Crippen LogP contribution in [0.3, 0.4) is 0 Å². The van der Waals surface area contributed by atoms with Crippen molar-refractivity contribution in [2.45, 2.75) is 25.3 Å². The molecule has 5 heteroatoms. The third kappa shape index (κ3) is 6.56. The maximum atomic E-state index is 11.8. The number of aryl methyl sites for hydroxylation is 1. The zero-order valence-electron chi connectivity index (χ0n) is 18.5. The number of carbonyl (C=O) groups is 1. The molecule has 0 N–H and O–H groups in total. The zero-order valence-corrected chi connectivity index (χ0v) is 18.5. The molecule has 5 nitrogen and oxygen atoms in total. The second-order valence-corrected chi connectivity index (χ2v) is 7.82. The first-order valence-electron chi connectivity index (χ1n) is 11.3. The average Bonchev–Trinajstić information content (AvgIpc) is 3.33. The molecular weight excluding hydrogens is 412 g/mol. The SMILES string of the molecule is O=C(COc1ccccc1)OCCCCn1cc(C(c2ccccc2)c2ccccc2)cn1. The van der Waals surface area contributed by atoms with Gasteiger partial charge in [-0.3, -0.25) is 4.68 Å². The summed E-state index contributed by atoms with van der Waals surface area (Å²) in [5.74, 6) is 0.453. The highest BCUT2D eigenvalue weighted by molar-refractivity contribution is 5.71. The quantitative estimate of drug-likeness (QED) is 0.229. The number of hydrogen-bond acceptors (Lipinski definition) is 4. The van der Waals surface area contributed by atoms with Gasteiger partial charge in [0.15, 0.2) is 6.61 Å². The molecule has 0 unspecified atom stereocenters. The summed E-state index contributed by atoms with van der Waals surface area (Å²) in [6.45, 7) is 1.07. The van der Waals surface area contributed by atoms with Gasteiger partial charge in [-0.25, -0.2) is 4.79 Å². The van der Waals surface area contributed by atoms with Gasteiger partial charge in [0.2, 0.25) is 0 Å². The number of hydrogen-bond donors (Lipinski definition) is 0. The molecule has 0 fully saturated rings. The summed E-state index contributed by atoms with van der Waals surface area (Å²) < 4.78 is 12.6. The predicted molar refractivity (Wildman–Crippen MR) is 128 cm³/mol. The fourth-order valence-electron chi connectivity index (χ4n) is 3.78. The molecule has 168 valence electrons. The molecule has 1 aromatic heterocycles. The van der Waals surface area contributed by atoms with E-state index in [-0.39, 0.29) is 18.5 Å². The van der Waals surface area contributed by atoms with E-state index in [4.69, 9.17) is 9.47 Å². The summed E-state index contributed by atoms with van der Waals surface area (Å²) in [5.41, 5.74) is 3.65. The monoisotopic (exact) mass is 440 g/mol. The second kappa shape index (κ2) is 11.7. The van der Waals surface area contributed by atoms with E-state index in [1.54, 1.807) is 0 Å². The summed E-state index contributed by atoms with van der Waals surface area (Å²) in [6.07, 6.45) is 5.71. The van der Waals surface area contributed by atoms with Crippen LogP contribution in [0.1, 0.15) is 35.4 Å². The maximum absolute atomic E-state index is 11.8. The van der Waals surface area contributed by atoms with Crippen molar-refractivity contribution >= 4 is 5.97 Å². The number of benzene rings is 3. The van der Waals surface area contributed by atoms with Crippen LogP contribution in [0.15, 0.2) is 103 Å². The van der Waals surface area contributed by atoms with Gasteiger partial charge >= 0.3 is 5.97 Å². The molecule has 0 bridgehead atoms. The molecule has 4 aromatic rings. The minimum absolute atomic E-state index is 0.0765. The highest BCUT2D eigenvalue weighted by Crippen LogP contribution is 2.31. The van der Waals surface area contributed by atoms with Crippen molar-refractivity contribution in [1.29, 1.82) is 0 Å². The molecule has 0 spiro atoms. The lowest BCUT2D eigenvalue weighted by Crippen LogP contribution is -2.15. The number of carbonyl (C=O) groups excluding carboxylic acids is 1. The number of ether oxygens (including phenoxy) is 2. The van der Waals surface area contributed by atoms with Gasteiger partial charge in [0.25, 0.3) is 0 Å². The smallest absolute Gasteiger partial charge is 0.344 e. The highest BCUT2D eigenvalue weighted by atomic mass is 16.6. The van der Waals surface area contributed by atoms with Crippen molar-refractivity contribution in [3.8, 4) is 5.75 Å². The van der Waals surface area contributed by atoms with Gasteiger partial charge in [0.05, 0.1) is 12.8 Å². The second-order valence-electron chi connectivity index (χ2n) is 7.82. The van der Waals surface area contributed by atoms with Crippen molar-refractivity contribution in [2.24, 2.45) is 0 Å². The van der Waals surface area contributed by atoms with Gasteiger partial charge in [-0.1, -0.05) is 78.9 Å². The Kier molecular flexibility index (Phi) is 7.90. The minimum Gasteiger partial charge on any atom is -0.482 e. The van der Waals surface area contributed by atoms with Crippen LogP contribution < -0.4 is 4.74 Å². The van der Waals surface area contributed by atoms with E-state index >= 15 is 0 Å². The maximum Gasteiger partial charge on any atom is 0.344 e. The molecule has 4 rings (SSSR count). The molecule has 0 aliphatic rings. The number of unbranched alkanes of at least 4 members (excludes halogenated alkanes) is 1. The number of aromatic nitrogens is 2. The summed E-state index contributed by atoms with van der Waals surface area (Å²) in [5, 5.41) is 4.57.